The molecule has 1 atom stereocenters. The van der Waals surface area contributed by atoms with Crippen LogP contribution in [0.4, 0.5) is 0 Å². The number of rotatable bonds is 1. The SMILES string of the molecule is c1ccc2c(c1)-c1ccccc1C21c2cc(C3C[I-]3)ccc2-n2c3ccccc3c3cccc1c32. The van der Waals surface area contributed by atoms with Crippen LogP contribution in [0.25, 0.3) is 38.6 Å². The van der Waals surface area contributed by atoms with Gasteiger partial charge in [-0.2, -0.15) is 0 Å². The fourth-order valence-corrected chi connectivity index (χ4v) is 8.66. The van der Waals surface area contributed by atoms with E-state index in [4.69, 9.17) is 0 Å². The number of hydrogen-bond acceptors (Lipinski definition) is 0. The number of fused-ring (bicyclic) bond motifs is 12. The number of halogens is 1. The Labute approximate surface area is 214 Å². The first-order valence-electron chi connectivity index (χ1n) is 12.3. The molecule has 1 aliphatic carbocycles. The number of hydrogen-bond donors (Lipinski definition) is 0. The molecule has 0 amide bonds. The topological polar surface area (TPSA) is 4.93 Å². The molecule has 1 nitrogen and oxygen atoms in total. The van der Waals surface area contributed by atoms with Gasteiger partial charge in [-0.3, -0.25) is 0 Å². The van der Waals surface area contributed by atoms with E-state index in [0.717, 1.165) is 3.92 Å². The van der Waals surface area contributed by atoms with E-state index in [-0.39, 0.29) is 5.41 Å². The fraction of sp³-hybridized carbons (Fsp3) is 0.0909. The molecule has 35 heavy (non-hydrogen) atoms. The van der Waals surface area contributed by atoms with E-state index >= 15 is 0 Å². The molecule has 0 N–H and O–H groups in total. The average molecular weight is 558 g/mol. The molecule has 2 aliphatic heterocycles. The van der Waals surface area contributed by atoms with Gasteiger partial charge in [0.05, 0.1) is 0 Å². The summed E-state index contributed by atoms with van der Waals surface area (Å²) in [6, 6.07) is 41.6. The Kier molecular flexibility index (Phi) is 3.48. The Morgan fingerprint density at radius 2 is 1.29 bits per heavy atom. The average Bonchev–Trinajstić information content (AvgIpc) is 3.66. The van der Waals surface area contributed by atoms with Crippen LogP contribution in [0.3, 0.4) is 0 Å². The van der Waals surface area contributed by atoms with Crippen molar-refractivity contribution in [3.05, 3.63) is 137 Å². The summed E-state index contributed by atoms with van der Waals surface area (Å²) in [5.41, 5.74) is 13.7. The van der Waals surface area contributed by atoms with Gasteiger partial charge in [-0.1, -0.05) is 0 Å². The van der Waals surface area contributed by atoms with E-state index in [9.17, 15) is 0 Å². The summed E-state index contributed by atoms with van der Waals surface area (Å²) in [5, 5.41) is 2.69. The Morgan fingerprint density at radius 1 is 0.629 bits per heavy atom. The third-order valence-electron chi connectivity index (χ3n) is 8.39. The fourth-order valence-electron chi connectivity index (χ4n) is 7.00. The Bertz CT molecular complexity index is 1820. The molecule has 1 saturated heterocycles. The van der Waals surface area contributed by atoms with Gasteiger partial charge in [-0.25, -0.2) is 0 Å². The van der Waals surface area contributed by atoms with Crippen molar-refractivity contribution >= 4 is 21.8 Å². The van der Waals surface area contributed by atoms with E-state index in [0.29, 0.717) is 21.2 Å². The second-order valence-corrected chi connectivity index (χ2v) is 13.2. The van der Waals surface area contributed by atoms with Gasteiger partial charge in [0.2, 0.25) is 0 Å². The molecule has 2 heteroatoms. The summed E-state index contributed by atoms with van der Waals surface area (Å²) in [6.45, 7) is 0. The first-order chi connectivity index (χ1) is 17.4. The minimum absolute atomic E-state index is 0.296. The number of alkyl halides is 2. The van der Waals surface area contributed by atoms with E-state index < -0.39 is 0 Å². The van der Waals surface area contributed by atoms with Crippen LogP contribution in [0.1, 0.15) is 31.7 Å². The van der Waals surface area contributed by atoms with Crippen molar-refractivity contribution in [1.29, 1.82) is 0 Å². The summed E-state index contributed by atoms with van der Waals surface area (Å²) < 4.78 is 4.79. The van der Waals surface area contributed by atoms with E-state index in [2.05, 4.69) is 114 Å². The Hall–Kier alpha value is -3.37. The molecule has 6 aromatic rings. The zero-order chi connectivity index (χ0) is 22.7. The monoisotopic (exact) mass is 558 g/mol. The molecule has 1 aromatic heterocycles. The quantitative estimate of drug-likeness (QED) is 0.205. The molecule has 0 saturated carbocycles. The molecule has 1 unspecified atom stereocenters. The van der Waals surface area contributed by atoms with Crippen molar-refractivity contribution < 1.29 is 21.2 Å². The van der Waals surface area contributed by atoms with E-state index in [1.807, 2.05) is 0 Å². The molecule has 0 bridgehead atoms. The Morgan fingerprint density at radius 3 is 2.06 bits per heavy atom. The third-order valence-corrected chi connectivity index (χ3v) is 10.9. The molecule has 3 aliphatic rings. The van der Waals surface area contributed by atoms with Crippen molar-refractivity contribution in [3.63, 3.8) is 0 Å². The van der Waals surface area contributed by atoms with Crippen LogP contribution in [0.2, 0.25) is 0 Å². The van der Waals surface area contributed by atoms with Crippen molar-refractivity contribution in [2.24, 2.45) is 0 Å². The van der Waals surface area contributed by atoms with E-state index in [1.165, 1.54) is 65.3 Å². The maximum absolute atomic E-state index is 2.59. The number of aromatic nitrogens is 1. The van der Waals surface area contributed by atoms with Gasteiger partial charge >= 0.3 is 215 Å². The van der Waals surface area contributed by atoms with Crippen molar-refractivity contribution in [1.82, 2.24) is 4.57 Å². The van der Waals surface area contributed by atoms with Crippen LogP contribution in [0.5, 0.6) is 0 Å². The van der Waals surface area contributed by atoms with Crippen molar-refractivity contribution in [2.75, 3.05) is 4.43 Å². The first kappa shape index (κ1) is 18.9. The number of nitrogens with zero attached hydrogens (tertiary/aromatic N) is 1. The molecule has 1 fully saturated rings. The summed E-state index contributed by atoms with van der Waals surface area (Å²) >= 11 is 0.335. The molecule has 1 spiro atoms. The minimum atomic E-state index is -0.296. The van der Waals surface area contributed by atoms with Crippen LogP contribution in [-0.2, 0) is 5.41 Å². The normalized spacial score (nSPS) is 18.2. The molecule has 3 heterocycles. The predicted octanol–water partition coefficient (Wildman–Crippen LogP) is 4.60. The van der Waals surface area contributed by atoms with Gasteiger partial charge in [-0.15, -0.1) is 0 Å². The number of para-hydroxylation sites is 2. The summed E-state index contributed by atoms with van der Waals surface area (Å²) in [6.07, 6.45) is 0. The molecule has 5 aromatic carbocycles. The van der Waals surface area contributed by atoms with Crippen molar-refractivity contribution in [3.8, 4) is 16.8 Å². The second-order valence-electron chi connectivity index (χ2n) is 9.95. The van der Waals surface area contributed by atoms with Crippen molar-refractivity contribution in [2.45, 2.75) is 9.34 Å². The van der Waals surface area contributed by atoms with Gasteiger partial charge in [0, 0.05) is 0 Å². The molecular formula is C33H21IN-. The molecule has 0 radical (unpaired) electrons. The first-order valence-corrected chi connectivity index (χ1v) is 15.1. The summed E-state index contributed by atoms with van der Waals surface area (Å²) in [7, 11) is 0. The van der Waals surface area contributed by atoms with Gasteiger partial charge in [0.15, 0.2) is 0 Å². The maximum atomic E-state index is 2.59. The van der Waals surface area contributed by atoms with Gasteiger partial charge in [0.25, 0.3) is 0 Å². The van der Waals surface area contributed by atoms with Crippen LogP contribution in [0, 0.1) is 0 Å². The van der Waals surface area contributed by atoms with Gasteiger partial charge in [-0.05, 0) is 0 Å². The molecule has 9 rings (SSSR count). The zero-order valence-electron chi connectivity index (χ0n) is 19.0. The third kappa shape index (κ3) is 2.17. The van der Waals surface area contributed by atoms with Crippen LogP contribution >= 0.6 is 0 Å². The standard InChI is InChI=1S/C33H21IN/c1-4-12-25-21(8-1)22-9-2-5-13-26(22)33(25)27-14-7-11-24-23-10-3-6-15-30(23)35(32(24)27)31-17-16-20(18-28(31)33)29-19-34-29/h1-18,29H,19H2/q-1. The predicted molar refractivity (Wildman–Crippen MR) is 139 cm³/mol. The van der Waals surface area contributed by atoms with Crippen LogP contribution in [-0.4, -0.2) is 8.99 Å². The van der Waals surface area contributed by atoms with Crippen LogP contribution in [0.15, 0.2) is 109 Å². The van der Waals surface area contributed by atoms with Crippen LogP contribution < -0.4 is 21.2 Å². The Balaban J connectivity index is 1.57. The number of benzene rings is 5. The molecule has 166 valence electrons. The summed E-state index contributed by atoms with van der Waals surface area (Å²) in [5.74, 6) is 0. The molecular weight excluding hydrogens is 537 g/mol. The zero-order valence-corrected chi connectivity index (χ0v) is 21.2. The van der Waals surface area contributed by atoms with E-state index in [1.54, 1.807) is 5.56 Å². The van der Waals surface area contributed by atoms with Gasteiger partial charge < -0.3 is 0 Å². The summed E-state index contributed by atoms with van der Waals surface area (Å²) in [4.78, 5) is 0. The van der Waals surface area contributed by atoms with Gasteiger partial charge in [0.1, 0.15) is 0 Å². The second kappa shape index (κ2) is 6.44.